The monoisotopic (exact) mass is 788 g/mol. The summed E-state index contributed by atoms with van der Waals surface area (Å²) in [6.45, 7) is 0. The number of fused-ring (bicyclic) bond motifs is 13. The van der Waals surface area contributed by atoms with Crippen LogP contribution in [0, 0.1) is 0 Å². The second-order valence-electron chi connectivity index (χ2n) is 16.3. The summed E-state index contributed by atoms with van der Waals surface area (Å²) in [6, 6.07) is 78.5. The molecule has 11 aromatic rings. The molecule has 0 fully saturated rings. The highest BCUT2D eigenvalue weighted by Crippen LogP contribution is 2.63. The standard InChI is InChI=1S/C58H36N4/c1-3-16-38(17-4-1)55-59-56(61-57(60-55)48-25-15-24-47-46-23-10-14-29-53(46)62(54(47)48)41-18-5-2-6-19-41)39-32-30-37(31-33-39)40-34-35-45-44-22-9-13-28-51(44)58(52(45)36-40)49-26-11-7-20-42(49)43-21-8-12-27-50(43)58/h1-36H. The predicted molar refractivity (Wildman–Crippen MR) is 252 cm³/mol. The molecule has 4 nitrogen and oxygen atoms in total. The molecular weight excluding hydrogens is 753 g/mol. The second kappa shape index (κ2) is 13.4. The normalized spacial score (nSPS) is 13.0. The fourth-order valence-corrected chi connectivity index (χ4v) is 10.5. The van der Waals surface area contributed by atoms with Crippen molar-refractivity contribution in [3.05, 3.63) is 241 Å². The third-order valence-electron chi connectivity index (χ3n) is 13.1. The molecule has 0 N–H and O–H groups in total. The molecule has 1 spiro atoms. The molecule has 0 radical (unpaired) electrons. The van der Waals surface area contributed by atoms with Gasteiger partial charge in [0.05, 0.1) is 16.4 Å². The van der Waals surface area contributed by atoms with Gasteiger partial charge in [-0.05, 0) is 86.0 Å². The topological polar surface area (TPSA) is 43.6 Å². The van der Waals surface area contributed by atoms with Gasteiger partial charge in [-0.15, -0.1) is 0 Å². The Bertz CT molecular complexity index is 3500. The predicted octanol–water partition coefficient (Wildman–Crippen LogP) is 14.0. The van der Waals surface area contributed by atoms with E-state index in [1.807, 2.05) is 18.2 Å². The van der Waals surface area contributed by atoms with E-state index in [4.69, 9.17) is 15.0 Å². The van der Waals surface area contributed by atoms with Gasteiger partial charge in [-0.1, -0.05) is 188 Å². The minimum atomic E-state index is -0.390. The number of aromatic nitrogens is 4. The number of rotatable bonds is 5. The maximum absolute atomic E-state index is 5.28. The SMILES string of the molecule is c1ccc(-c2nc(-c3ccc(-c4ccc5c(c4)C4(c6ccccc6-c6ccccc64)c4ccccc4-5)cc3)nc(-c3cccc4c5ccccc5n(-c5ccccc5)c34)n2)cc1. The van der Waals surface area contributed by atoms with Gasteiger partial charge in [0.2, 0.25) is 0 Å². The van der Waals surface area contributed by atoms with Crippen LogP contribution in [0.3, 0.4) is 0 Å². The maximum Gasteiger partial charge on any atom is 0.166 e. The Labute approximate surface area is 359 Å². The zero-order valence-electron chi connectivity index (χ0n) is 33.6. The molecule has 0 saturated heterocycles. The van der Waals surface area contributed by atoms with Crippen LogP contribution in [0.2, 0.25) is 0 Å². The molecule has 2 aromatic heterocycles. The van der Waals surface area contributed by atoms with Crippen LogP contribution < -0.4 is 0 Å². The van der Waals surface area contributed by atoms with Crippen LogP contribution in [-0.2, 0) is 5.41 Å². The molecule has 2 heterocycles. The van der Waals surface area contributed by atoms with Crippen LogP contribution in [0.4, 0.5) is 0 Å². The summed E-state index contributed by atoms with van der Waals surface area (Å²) in [4.78, 5) is 15.6. The highest BCUT2D eigenvalue weighted by molar-refractivity contribution is 6.13. The van der Waals surface area contributed by atoms with E-state index in [1.54, 1.807) is 0 Å². The quantitative estimate of drug-likeness (QED) is 0.174. The van der Waals surface area contributed by atoms with Crippen molar-refractivity contribution in [2.24, 2.45) is 0 Å². The average molecular weight is 789 g/mol. The fourth-order valence-electron chi connectivity index (χ4n) is 10.5. The molecule has 62 heavy (non-hydrogen) atoms. The van der Waals surface area contributed by atoms with E-state index in [9.17, 15) is 0 Å². The summed E-state index contributed by atoms with van der Waals surface area (Å²) in [5.74, 6) is 1.89. The van der Waals surface area contributed by atoms with Crippen LogP contribution in [0.25, 0.3) is 95.0 Å². The molecular formula is C58H36N4. The summed E-state index contributed by atoms with van der Waals surface area (Å²) in [5.41, 5.74) is 18.6. The zero-order chi connectivity index (χ0) is 40.8. The van der Waals surface area contributed by atoms with Gasteiger partial charge in [-0.3, -0.25) is 0 Å². The Morgan fingerprint density at radius 3 is 1.44 bits per heavy atom. The molecule has 0 amide bonds. The van der Waals surface area contributed by atoms with Gasteiger partial charge in [0.25, 0.3) is 0 Å². The van der Waals surface area contributed by atoms with E-state index < -0.39 is 0 Å². The van der Waals surface area contributed by atoms with E-state index in [0.717, 1.165) is 44.4 Å². The first-order valence-corrected chi connectivity index (χ1v) is 21.2. The molecule has 13 rings (SSSR count). The molecule has 288 valence electrons. The molecule has 9 aromatic carbocycles. The molecule has 0 saturated carbocycles. The van der Waals surface area contributed by atoms with Crippen molar-refractivity contribution in [3.8, 4) is 73.2 Å². The van der Waals surface area contributed by atoms with Crippen LogP contribution >= 0.6 is 0 Å². The first-order valence-electron chi connectivity index (χ1n) is 21.2. The van der Waals surface area contributed by atoms with Crippen molar-refractivity contribution in [1.29, 1.82) is 0 Å². The molecule has 2 aliphatic carbocycles. The highest BCUT2D eigenvalue weighted by atomic mass is 15.0. The van der Waals surface area contributed by atoms with E-state index in [2.05, 4.69) is 205 Å². The van der Waals surface area contributed by atoms with E-state index >= 15 is 0 Å². The van der Waals surface area contributed by atoms with Gasteiger partial charge in [0.15, 0.2) is 17.5 Å². The van der Waals surface area contributed by atoms with Crippen LogP contribution in [-0.4, -0.2) is 19.5 Å². The first-order chi connectivity index (χ1) is 30.8. The van der Waals surface area contributed by atoms with Gasteiger partial charge < -0.3 is 4.57 Å². The minimum Gasteiger partial charge on any atom is -0.309 e. The Balaban J connectivity index is 0.962. The summed E-state index contributed by atoms with van der Waals surface area (Å²) in [6.07, 6.45) is 0. The largest absolute Gasteiger partial charge is 0.309 e. The average Bonchev–Trinajstić information content (AvgIpc) is 3.96. The second-order valence-corrected chi connectivity index (χ2v) is 16.3. The molecule has 0 unspecified atom stereocenters. The number of nitrogens with zero attached hydrogens (tertiary/aromatic N) is 4. The van der Waals surface area contributed by atoms with Crippen molar-refractivity contribution >= 4 is 21.8 Å². The lowest BCUT2D eigenvalue weighted by Gasteiger charge is -2.30. The molecule has 2 aliphatic rings. The first kappa shape index (κ1) is 34.6. The Morgan fingerprint density at radius 1 is 0.306 bits per heavy atom. The summed E-state index contributed by atoms with van der Waals surface area (Å²) >= 11 is 0. The number of hydrogen-bond donors (Lipinski definition) is 0. The van der Waals surface area contributed by atoms with Gasteiger partial charge in [0.1, 0.15) is 0 Å². The Morgan fingerprint density at radius 2 is 0.774 bits per heavy atom. The lowest BCUT2D eigenvalue weighted by Crippen LogP contribution is -2.25. The van der Waals surface area contributed by atoms with Crippen molar-refractivity contribution < 1.29 is 0 Å². The fraction of sp³-hybridized carbons (Fsp3) is 0.0172. The third-order valence-corrected chi connectivity index (χ3v) is 13.1. The van der Waals surface area contributed by atoms with Gasteiger partial charge in [0, 0.05) is 33.2 Å². The van der Waals surface area contributed by atoms with Crippen LogP contribution in [0.1, 0.15) is 22.3 Å². The van der Waals surface area contributed by atoms with Crippen molar-refractivity contribution in [2.45, 2.75) is 5.41 Å². The zero-order valence-corrected chi connectivity index (χ0v) is 33.6. The smallest absolute Gasteiger partial charge is 0.166 e. The van der Waals surface area contributed by atoms with Crippen LogP contribution in [0.5, 0.6) is 0 Å². The Hall–Kier alpha value is -8.21. The summed E-state index contributed by atoms with van der Waals surface area (Å²) in [5, 5.41) is 2.34. The third kappa shape index (κ3) is 4.92. The van der Waals surface area contributed by atoms with Crippen molar-refractivity contribution in [1.82, 2.24) is 19.5 Å². The van der Waals surface area contributed by atoms with Gasteiger partial charge in [-0.2, -0.15) is 0 Å². The lowest BCUT2D eigenvalue weighted by atomic mass is 9.70. The van der Waals surface area contributed by atoms with Crippen molar-refractivity contribution in [3.63, 3.8) is 0 Å². The Kier molecular flexibility index (Phi) is 7.49. The number of benzene rings is 9. The number of hydrogen-bond acceptors (Lipinski definition) is 3. The lowest BCUT2D eigenvalue weighted by molar-refractivity contribution is 0.794. The van der Waals surface area contributed by atoms with E-state index in [1.165, 1.54) is 55.5 Å². The van der Waals surface area contributed by atoms with E-state index in [0.29, 0.717) is 17.5 Å². The molecule has 0 aliphatic heterocycles. The highest BCUT2D eigenvalue weighted by Gasteiger charge is 2.51. The molecule has 0 bridgehead atoms. The number of para-hydroxylation sites is 3. The summed E-state index contributed by atoms with van der Waals surface area (Å²) < 4.78 is 2.34. The van der Waals surface area contributed by atoms with Crippen molar-refractivity contribution in [2.75, 3.05) is 0 Å². The minimum absolute atomic E-state index is 0.390. The maximum atomic E-state index is 5.28. The van der Waals surface area contributed by atoms with E-state index in [-0.39, 0.29) is 5.41 Å². The van der Waals surface area contributed by atoms with Gasteiger partial charge in [-0.25, -0.2) is 15.0 Å². The molecule has 0 atom stereocenters. The van der Waals surface area contributed by atoms with Gasteiger partial charge >= 0.3 is 0 Å². The molecule has 4 heteroatoms. The van der Waals surface area contributed by atoms with Crippen LogP contribution in [0.15, 0.2) is 218 Å². The summed E-state index contributed by atoms with van der Waals surface area (Å²) in [7, 11) is 0.